The highest BCUT2D eigenvalue weighted by molar-refractivity contribution is 5.53. The third-order valence-corrected chi connectivity index (χ3v) is 1.86. The van der Waals surface area contributed by atoms with Crippen molar-refractivity contribution in [3.05, 3.63) is 30.2 Å². The van der Waals surface area contributed by atoms with Gasteiger partial charge in [0.15, 0.2) is 0 Å². The van der Waals surface area contributed by atoms with Crippen molar-refractivity contribution in [1.82, 2.24) is 10.2 Å². The lowest BCUT2D eigenvalue weighted by Gasteiger charge is -2.08. The van der Waals surface area contributed by atoms with E-state index < -0.39 is 6.36 Å². The van der Waals surface area contributed by atoms with Gasteiger partial charge in [-0.25, -0.2) is 0 Å². The predicted molar refractivity (Wildman–Crippen MR) is 51.2 cm³/mol. The van der Waals surface area contributed by atoms with Crippen LogP contribution in [0.15, 0.2) is 28.7 Å². The number of aryl methyl sites for hydroxylation is 1. The van der Waals surface area contributed by atoms with E-state index in [9.17, 15) is 13.2 Å². The summed E-state index contributed by atoms with van der Waals surface area (Å²) in [4.78, 5) is 0. The van der Waals surface area contributed by atoms with E-state index in [1.165, 1.54) is 24.3 Å². The molecule has 7 heteroatoms. The largest absolute Gasteiger partial charge is 0.573 e. The van der Waals surface area contributed by atoms with Crippen molar-refractivity contribution < 1.29 is 22.3 Å². The Bertz CT molecular complexity index is 505. The molecule has 1 aromatic carbocycles. The first-order chi connectivity index (χ1) is 7.94. The maximum Gasteiger partial charge on any atom is 0.573 e. The summed E-state index contributed by atoms with van der Waals surface area (Å²) >= 11 is 0. The Balaban J connectivity index is 2.19. The molecule has 0 saturated carbocycles. The minimum absolute atomic E-state index is 0.251. The molecule has 0 amide bonds. The minimum atomic E-state index is -4.69. The molecule has 1 heterocycles. The van der Waals surface area contributed by atoms with Crippen LogP contribution >= 0.6 is 0 Å². The van der Waals surface area contributed by atoms with Gasteiger partial charge in [-0.05, 0) is 24.3 Å². The van der Waals surface area contributed by atoms with Gasteiger partial charge in [0.1, 0.15) is 5.75 Å². The van der Waals surface area contributed by atoms with Crippen molar-refractivity contribution >= 4 is 0 Å². The number of halogens is 3. The van der Waals surface area contributed by atoms with E-state index in [0.29, 0.717) is 11.5 Å². The van der Waals surface area contributed by atoms with Gasteiger partial charge in [0, 0.05) is 12.5 Å². The molecular weight excluding hydrogens is 237 g/mol. The van der Waals surface area contributed by atoms with E-state index >= 15 is 0 Å². The quantitative estimate of drug-likeness (QED) is 0.814. The number of nitrogens with zero attached hydrogens (tertiary/aromatic N) is 2. The summed E-state index contributed by atoms with van der Waals surface area (Å²) in [5.41, 5.74) is 0.528. The number of rotatable bonds is 2. The zero-order valence-corrected chi connectivity index (χ0v) is 8.65. The molecule has 4 nitrogen and oxygen atoms in total. The van der Waals surface area contributed by atoms with Crippen molar-refractivity contribution in [2.24, 2.45) is 0 Å². The first-order valence-electron chi connectivity index (χ1n) is 4.60. The van der Waals surface area contributed by atoms with Gasteiger partial charge in [0.25, 0.3) is 0 Å². The summed E-state index contributed by atoms with van der Waals surface area (Å²) in [5, 5.41) is 7.36. The maximum atomic E-state index is 11.9. The average molecular weight is 244 g/mol. The van der Waals surface area contributed by atoms with Gasteiger partial charge in [0.2, 0.25) is 11.8 Å². The normalized spacial score (nSPS) is 11.5. The average Bonchev–Trinajstić information content (AvgIpc) is 2.63. The summed E-state index contributed by atoms with van der Waals surface area (Å²) in [7, 11) is 0. The number of ether oxygens (including phenoxy) is 1. The van der Waals surface area contributed by atoms with E-state index in [1.807, 2.05) is 0 Å². The molecule has 0 atom stereocenters. The molecule has 0 fully saturated rings. The van der Waals surface area contributed by atoms with Crippen LogP contribution < -0.4 is 4.74 Å². The van der Waals surface area contributed by atoms with Crippen molar-refractivity contribution in [2.45, 2.75) is 13.3 Å². The van der Waals surface area contributed by atoms with Gasteiger partial charge in [-0.2, -0.15) is 0 Å². The Morgan fingerprint density at radius 3 is 2.24 bits per heavy atom. The number of aromatic nitrogens is 2. The Morgan fingerprint density at radius 2 is 1.76 bits per heavy atom. The molecule has 0 aliphatic heterocycles. The minimum Gasteiger partial charge on any atom is -0.421 e. The van der Waals surface area contributed by atoms with E-state index in [2.05, 4.69) is 14.9 Å². The van der Waals surface area contributed by atoms with Gasteiger partial charge < -0.3 is 9.15 Å². The predicted octanol–water partition coefficient (Wildman–Crippen LogP) is 2.94. The molecule has 0 aliphatic carbocycles. The molecule has 0 radical (unpaired) electrons. The Morgan fingerprint density at radius 1 is 1.12 bits per heavy atom. The molecular formula is C10H7F3N2O2. The molecule has 0 aliphatic rings. The fraction of sp³-hybridized carbons (Fsp3) is 0.200. The summed E-state index contributed by atoms with van der Waals surface area (Å²) < 4.78 is 44.6. The van der Waals surface area contributed by atoms with Crippen LogP contribution in [0.5, 0.6) is 5.75 Å². The van der Waals surface area contributed by atoms with Gasteiger partial charge >= 0.3 is 6.36 Å². The Hall–Kier alpha value is -2.05. The number of alkyl halides is 3. The zero-order valence-electron chi connectivity index (χ0n) is 8.65. The van der Waals surface area contributed by atoms with Crippen LogP contribution in [0.25, 0.3) is 11.5 Å². The van der Waals surface area contributed by atoms with Crippen LogP contribution in [0.1, 0.15) is 5.89 Å². The molecule has 0 bridgehead atoms. The first kappa shape index (κ1) is 11.4. The Kier molecular flexibility index (Phi) is 2.74. The van der Waals surface area contributed by atoms with Crippen molar-refractivity contribution in [3.8, 4) is 17.2 Å². The third-order valence-electron chi connectivity index (χ3n) is 1.86. The van der Waals surface area contributed by atoms with Crippen molar-refractivity contribution in [2.75, 3.05) is 0 Å². The second-order valence-corrected chi connectivity index (χ2v) is 3.20. The molecule has 0 N–H and O–H groups in total. The lowest BCUT2D eigenvalue weighted by molar-refractivity contribution is -0.274. The van der Waals surface area contributed by atoms with Crippen LogP contribution in [-0.2, 0) is 0 Å². The first-order valence-corrected chi connectivity index (χ1v) is 4.60. The third kappa shape index (κ3) is 2.96. The number of hydrogen-bond acceptors (Lipinski definition) is 4. The van der Waals surface area contributed by atoms with E-state index in [4.69, 9.17) is 4.42 Å². The molecule has 2 rings (SSSR count). The topological polar surface area (TPSA) is 48.2 Å². The van der Waals surface area contributed by atoms with Crippen LogP contribution in [0.2, 0.25) is 0 Å². The molecule has 90 valence electrons. The van der Waals surface area contributed by atoms with Crippen LogP contribution in [-0.4, -0.2) is 16.6 Å². The van der Waals surface area contributed by atoms with E-state index in [-0.39, 0.29) is 11.6 Å². The standard InChI is InChI=1S/C10H7F3N2O2/c1-6-14-15-9(16-6)7-2-4-8(5-3-7)17-10(11,12)13/h2-5H,1H3. The van der Waals surface area contributed by atoms with E-state index in [1.54, 1.807) is 6.92 Å². The van der Waals surface area contributed by atoms with E-state index in [0.717, 1.165) is 0 Å². The fourth-order valence-electron chi connectivity index (χ4n) is 1.21. The summed E-state index contributed by atoms with van der Waals surface area (Å²) in [6.07, 6.45) is -4.69. The van der Waals surface area contributed by atoms with Crippen molar-refractivity contribution in [3.63, 3.8) is 0 Å². The SMILES string of the molecule is Cc1nnc(-c2ccc(OC(F)(F)F)cc2)o1. The van der Waals surface area contributed by atoms with Gasteiger partial charge in [-0.15, -0.1) is 23.4 Å². The smallest absolute Gasteiger partial charge is 0.421 e. The second kappa shape index (κ2) is 4.08. The maximum absolute atomic E-state index is 11.9. The molecule has 0 spiro atoms. The fourth-order valence-corrected chi connectivity index (χ4v) is 1.21. The molecule has 0 saturated heterocycles. The van der Waals surface area contributed by atoms with Crippen LogP contribution in [0.3, 0.4) is 0 Å². The summed E-state index contributed by atoms with van der Waals surface area (Å²) in [5.74, 6) is 0.342. The second-order valence-electron chi connectivity index (χ2n) is 3.20. The highest BCUT2D eigenvalue weighted by atomic mass is 19.4. The number of hydrogen-bond donors (Lipinski definition) is 0. The van der Waals surface area contributed by atoms with Gasteiger partial charge in [-0.1, -0.05) is 0 Å². The molecule has 1 aromatic heterocycles. The lowest BCUT2D eigenvalue weighted by Crippen LogP contribution is -2.16. The molecule has 2 aromatic rings. The highest BCUT2D eigenvalue weighted by Gasteiger charge is 2.31. The molecule has 0 unspecified atom stereocenters. The zero-order chi connectivity index (χ0) is 12.5. The highest BCUT2D eigenvalue weighted by Crippen LogP contribution is 2.25. The Labute approximate surface area is 94.0 Å². The summed E-state index contributed by atoms with van der Waals surface area (Å²) in [6, 6.07) is 5.19. The van der Waals surface area contributed by atoms with Crippen LogP contribution in [0.4, 0.5) is 13.2 Å². The van der Waals surface area contributed by atoms with Crippen LogP contribution in [0, 0.1) is 6.92 Å². The van der Waals surface area contributed by atoms with Crippen molar-refractivity contribution in [1.29, 1.82) is 0 Å². The van der Waals surface area contributed by atoms with Gasteiger partial charge in [0.05, 0.1) is 0 Å². The lowest BCUT2D eigenvalue weighted by atomic mass is 10.2. The monoisotopic (exact) mass is 244 g/mol. The summed E-state index contributed by atoms with van der Waals surface area (Å²) in [6.45, 7) is 1.62. The van der Waals surface area contributed by atoms with Gasteiger partial charge in [-0.3, -0.25) is 0 Å². The molecule has 17 heavy (non-hydrogen) atoms. The number of benzene rings is 1.